The molecule has 0 fully saturated rings. The average molecular weight is 402 g/mol. The summed E-state index contributed by atoms with van der Waals surface area (Å²) in [5.41, 5.74) is 4.72. The Balaban J connectivity index is 1.44. The molecule has 0 saturated heterocycles. The van der Waals surface area contributed by atoms with Crippen LogP contribution in [-0.2, 0) is 0 Å². The first kappa shape index (κ1) is 17.3. The molecule has 0 radical (unpaired) electrons. The summed E-state index contributed by atoms with van der Waals surface area (Å²) in [7, 11) is 0. The van der Waals surface area contributed by atoms with Gasteiger partial charge in [-0.3, -0.25) is 0 Å². The molecular formula is C28H19NS. The molecule has 0 unspecified atom stereocenters. The number of nitrogens with one attached hydrogen (secondary N) is 1. The van der Waals surface area contributed by atoms with Crippen molar-refractivity contribution < 1.29 is 0 Å². The van der Waals surface area contributed by atoms with Crippen molar-refractivity contribution >= 4 is 53.7 Å². The fourth-order valence-electron chi connectivity index (χ4n) is 4.19. The zero-order valence-corrected chi connectivity index (χ0v) is 17.1. The number of thiophene rings is 1. The van der Waals surface area contributed by atoms with Crippen molar-refractivity contribution in [3.05, 3.63) is 109 Å². The minimum absolute atomic E-state index is 1.10. The van der Waals surface area contributed by atoms with Crippen molar-refractivity contribution in [1.29, 1.82) is 0 Å². The summed E-state index contributed by atoms with van der Waals surface area (Å²) in [6.07, 6.45) is 0. The lowest BCUT2D eigenvalue weighted by molar-refractivity contribution is 1.57. The molecular weight excluding hydrogens is 382 g/mol. The number of benzene rings is 5. The Bertz CT molecular complexity index is 1490. The maximum atomic E-state index is 3.66. The fraction of sp³-hybridized carbons (Fsp3) is 0. The summed E-state index contributed by atoms with van der Waals surface area (Å²) in [5.74, 6) is 0. The van der Waals surface area contributed by atoms with Crippen molar-refractivity contribution in [3.63, 3.8) is 0 Å². The van der Waals surface area contributed by atoms with E-state index in [1.165, 1.54) is 42.1 Å². The SMILES string of the molecule is c1ccc(-c2ccc(Nc3cccc4sc5c6ccccc6ccc5c34)cc2)cc1. The number of anilines is 2. The lowest BCUT2D eigenvalue weighted by atomic mass is 10.0. The lowest BCUT2D eigenvalue weighted by Gasteiger charge is -2.10. The second-order valence-corrected chi connectivity index (χ2v) is 8.56. The van der Waals surface area contributed by atoms with Crippen LogP contribution in [0.15, 0.2) is 109 Å². The molecule has 0 bridgehead atoms. The van der Waals surface area contributed by atoms with Crippen LogP contribution in [-0.4, -0.2) is 0 Å². The summed E-state index contributed by atoms with van der Waals surface area (Å²) < 4.78 is 2.67. The van der Waals surface area contributed by atoms with Gasteiger partial charge in [-0.2, -0.15) is 0 Å². The molecule has 1 aromatic heterocycles. The van der Waals surface area contributed by atoms with E-state index in [-0.39, 0.29) is 0 Å². The first-order valence-corrected chi connectivity index (χ1v) is 10.9. The molecule has 0 spiro atoms. The normalized spacial score (nSPS) is 11.3. The summed E-state index contributed by atoms with van der Waals surface area (Å²) in [6.45, 7) is 0. The average Bonchev–Trinajstić information content (AvgIpc) is 3.20. The first-order chi connectivity index (χ1) is 14.9. The Kier molecular flexibility index (Phi) is 4.03. The number of hydrogen-bond donors (Lipinski definition) is 1. The van der Waals surface area contributed by atoms with Crippen LogP contribution in [0.25, 0.3) is 42.1 Å². The summed E-state index contributed by atoms with van der Waals surface area (Å²) in [5, 5.41) is 8.90. The van der Waals surface area contributed by atoms with Crippen LogP contribution in [0, 0.1) is 0 Å². The Labute approximate surface area is 179 Å². The molecule has 0 atom stereocenters. The molecule has 5 aromatic carbocycles. The molecule has 1 heterocycles. The van der Waals surface area contributed by atoms with Gasteiger partial charge in [-0.05, 0) is 46.2 Å². The van der Waals surface area contributed by atoms with Crippen molar-refractivity contribution in [2.45, 2.75) is 0 Å². The molecule has 1 N–H and O–H groups in total. The van der Waals surface area contributed by atoms with Crippen LogP contribution in [0.1, 0.15) is 0 Å². The summed E-state index contributed by atoms with van der Waals surface area (Å²) in [4.78, 5) is 0. The van der Waals surface area contributed by atoms with Crippen LogP contribution in [0.2, 0.25) is 0 Å². The molecule has 6 aromatic rings. The Morgan fingerprint density at radius 2 is 1.30 bits per heavy atom. The van der Waals surface area contributed by atoms with Crippen molar-refractivity contribution in [1.82, 2.24) is 0 Å². The zero-order valence-electron chi connectivity index (χ0n) is 16.3. The van der Waals surface area contributed by atoms with Gasteiger partial charge in [0.05, 0.1) is 0 Å². The van der Waals surface area contributed by atoms with Crippen molar-refractivity contribution in [2.24, 2.45) is 0 Å². The van der Waals surface area contributed by atoms with E-state index in [0.29, 0.717) is 0 Å². The fourth-order valence-corrected chi connectivity index (χ4v) is 5.45. The second kappa shape index (κ2) is 7.01. The van der Waals surface area contributed by atoms with Gasteiger partial charge in [0.25, 0.3) is 0 Å². The van der Waals surface area contributed by atoms with Gasteiger partial charge in [-0.15, -0.1) is 11.3 Å². The van der Waals surface area contributed by atoms with E-state index < -0.39 is 0 Å². The largest absolute Gasteiger partial charge is 0.355 e. The second-order valence-electron chi connectivity index (χ2n) is 7.51. The van der Waals surface area contributed by atoms with E-state index in [1.807, 2.05) is 11.3 Å². The topological polar surface area (TPSA) is 12.0 Å². The molecule has 0 aliphatic carbocycles. The van der Waals surface area contributed by atoms with E-state index in [2.05, 4.69) is 115 Å². The third-order valence-corrected chi connectivity index (χ3v) is 6.86. The smallest absolute Gasteiger partial charge is 0.0478 e. The predicted octanol–water partition coefficient (Wildman–Crippen LogP) is 8.62. The van der Waals surface area contributed by atoms with Gasteiger partial charge >= 0.3 is 0 Å². The maximum absolute atomic E-state index is 3.66. The van der Waals surface area contributed by atoms with Gasteiger partial charge in [-0.25, -0.2) is 0 Å². The van der Waals surface area contributed by atoms with Gasteiger partial charge in [0.2, 0.25) is 0 Å². The maximum Gasteiger partial charge on any atom is 0.0478 e. The van der Waals surface area contributed by atoms with Gasteiger partial charge in [0.1, 0.15) is 0 Å². The third-order valence-electron chi connectivity index (χ3n) is 5.66. The highest BCUT2D eigenvalue weighted by Gasteiger charge is 2.12. The van der Waals surface area contributed by atoms with E-state index in [0.717, 1.165) is 11.4 Å². The highest BCUT2D eigenvalue weighted by molar-refractivity contribution is 7.26. The molecule has 1 nitrogen and oxygen atoms in total. The molecule has 142 valence electrons. The number of hydrogen-bond acceptors (Lipinski definition) is 2. The minimum Gasteiger partial charge on any atom is -0.355 e. The van der Waals surface area contributed by atoms with Crippen LogP contribution in [0.4, 0.5) is 11.4 Å². The summed E-state index contributed by atoms with van der Waals surface area (Å²) in [6, 6.07) is 38.8. The minimum atomic E-state index is 1.10. The quantitative estimate of drug-likeness (QED) is 0.313. The predicted molar refractivity (Wildman–Crippen MR) is 132 cm³/mol. The van der Waals surface area contributed by atoms with E-state index in [1.54, 1.807) is 0 Å². The van der Waals surface area contributed by atoms with Crippen molar-refractivity contribution in [3.8, 4) is 11.1 Å². The molecule has 0 amide bonds. The Hall–Kier alpha value is -3.62. The monoisotopic (exact) mass is 401 g/mol. The molecule has 30 heavy (non-hydrogen) atoms. The number of fused-ring (bicyclic) bond motifs is 5. The molecule has 2 heteroatoms. The first-order valence-electron chi connectivity index (χ1n) is 10.1. The van der Waals surface area contributed by atoms with Gasteiger partial charge in [0.15, 0.2) is 0 Å². The van der Waals surface area contributed by atoms with E-state index in [4.69, 9.17) is 0 Å². The van der Waals surface area contributed by atoms with Crippen LogP contribution >= 0.6 is 11.3 Å². The zero-order chi connectivity index (χ0) is 19.9. The van der Waals surface area contributed by atoms with Gasteiger partial charge in [-0.1, -0.05) is 84.9 Å². The Morgan fingerprint density at radius 1 is 0.533 bits per heavy atom. The molecule has 0 aliphatic rings. The Morgan fingerprint density at radius 3 is 2.17 bits per heavy atom. The van der Waals surface area contributed by atoms with Crippen molar-refractivity contribution in [2.75, 3.05) is 5.32 Å². The molecule has 0 aliphatic heterocycles. The van der Waals surface area contributed by atoms with Crippen LogP contribution in [0.3, 0.4) is 0 Å². The summed E-state index contributed by atoms with van der Waals surface area (Å²) >= 11 is 1.88. The van der Waals surface area contributed by atoms with Crippen LogP contribution in [0.5, 0.6) is 0 Å². The van der Waals surface area contributed by atoms with Crippen LogP contribution < -0.4 is 5.32 Å². The standard InChI is InChI=1S/C28H19NS/c1-2-7-19(8-3-1)20-13-16-22(17-14-20)29-25-11-6-12-26-27(25)24-18-15-21-9-4-5-10-23(21)28(24)30-26/h1-18,29H. The highest BCUT2D eigenvalue weighted by atomic mass is 32.1. The molecule has 6 rings (SSSR count). The van der Waals surface area contributed by atoms with E-state index >= 15 is 0 Å². The lowest BCUT2D eigenvalue weighted by Crippen LogP contribution is -1.90. The molecule has 0 saturated carbocycles. The van der Waals surface area contributed by atoms with E-state index in [9.17, 15) is 0 Å². The highest BCUT2D eigenvalue weighted by Crippen LogP contribution is 2.42. The third kappa shape index (κ3) is 2.85. The van der Waals surface area contributed by atoms with Gasteiger partial charge < -0.3 is 5.32 Å². The van der Waals surface area contributed by atoms with Gasteiger partial charge in [0, 0.05) is 31.5 Å². The number of rotatable bonds is 3.